The number of rotatable bonds is 8. The minimum Gasteiger partial charge on any atom is -0.726 e. The first kappa shape index (κ1) is 25.6. The van der Waals surface area contributed by atoms with Crippen LogP contribution in [0.15, 0.2) is 52.8 Å². The van der Waals surface area contributed by atoms with Crippen LogP contribution in [0.5, 0.6) is 0 Å². The molecule has 0 saturated heterocycles. The number of nitrogens with one attached hydrogen (secondary N) is 1. The van der Waals surface area contributed by atoms with Crippen molar-refractivity contribution in [2.75, 3.05) is 38.3 Å². The number of azo groups is 1. The van der Waals surface area contributed by atoms with E-state index in [9.17, 15) is 13.0 Å². The summed E-state index contributed by atoms with van der Waals surface area (Å²) in [6.07, 6.45) is 1.81. The molecule has 0 aliphatic carbocycles. The number of hydrogen-bond donors (Lipinski definition) is 3. The number of hydrogen-bond acceptors (Lipinski definition) is 11. The van der Waals surface area contributed by atoms with E-state index in [1.54, 1.807) is 11.3 Å². The van der Waals surface area contributed by atoms with Crippen LogP contribution in [-0.4, -0.2) is 66.8 Å². The molecule has 0 fully saturated rings. The Balaban J connectivity index is 0.000000481. The van der Waals surface area contributed by atoms with Gasteiger partial charge in [-0.2, -0.15) is 5.10 Å². The van der Waals surface area contributed by atoms with Crippen molar-refractivity contribution in [3.8, 4) is 0 Å². The van der Waals surface area contributed by atoms with Crippen molar-refractivity contribution < 1.29 is 31.9 Å². The summed E-state index contributed by atoms with van der Waals surface area (Å²) in [4.78, 5) is 1.92. The number of H-pyrrole nitrogens is 1. The quantitative estimate of drug-likeness (QED) is 0.140. The largest absolute Gasteiger partial charge is 0.726 e. The number of thiazole rings is 1. The second-order valence-corrected chi connectivity index (χ2v) is 9.11. The highest BCUT2D eigenvalue weighted by Crippen LogP contribution is 2.30. The van der Waals surface area contributed by atoms with E-state index in [2.05, 4.69) is 36.7 Å². The lowest BCUT2D eigenvalue weighted by atomic mass is 10.2. The zero-order chi connectivity index (χ0) is 24.7. The van der Waals surface area contributed by atoms with Crippen LogP contribution in [-0.2, 0) is 21.6 Å². The Kier molecular flexibility index (Phi) is 8.60. The molecule has 4 rings (SSSR count). The Morgan fingerprint density at radius 2 is 1.82 bits per heavy atom. The second-order valence-electron chi connectivity index (χ2n) is 6.95. The highest BCUT2D eigenvalue weighted by Gasteiger charge is 2.17. The smallest absolute Gasteiger partial charge is 0.409 e. The average molecular weight is 509 g/mol. The fourth-order valence-corrected chi connectivity index (χ4v) is 4.10. The Labute approximate surface area is 199 Å². The van der Waals surface area contributed by atoms with Crippen LogP contribution in [0.3, 0.4) is 0 Å². The average Bonchev–Trinajstić information content (AvgIpc) is 3.40. The third-order valence-corrected chi connectivity index (χ3v) is 6.27. The highest BCUT2D eigenvalue weighted by atomic mass is 32.3. The topological polar surface area (TPSA) is 167 Å². The van der Waals surface area contributed by atoms with Crippen molar-refractivity contribution >= 4 is 59.4 Å². The van der Waals surface area contributed by atoms with Crippen molar-refractivity contribution in [2.45, 2.75) is 0 Å². The van der Waals surface area contributed by atoms with E-state index in [0.717, 1.165) is 44.7 Å². The predicted molar refractivity (Wildman–Crippen MR) is 126 cm³/mol. The van der Waals surface area contributed by atoms with Gasteiger partial charge in [-0.1, -0.05) is 0 Å². The molecule has 0 aliphatic rings. The number of fused-ring (bicyclic) bond motifs is 2. The molecule has 0 unspecified atom stereocenters. The van der Waals surface area contributed by atoms with Gasteiger partial charge in [-0.15, -0.1) is 0 Å². The van der Waals surface area contributed by atoms with Crippen LogP contribution in [0.25, 0.3) is 21.1 Å². The number of aryl methyl sites for hydroxylation is 1. The molecule has 4 aromatic rings. The van der Waals surface area contributed by atoms with Gasteiger partial charge in [-0.3, -0.25) is 9.28 Å². The lowest BCUT2D eigenvalue weighted by Gasteiger charge is -2.22. The monoisotopic (exact) mass is 508 g/mol. The van der Waals surface area contributed by atoms with Gasteiger partial charge in [0.25, 0.3) is 0 Å². The Bertz CT molecular complexity index is 1360. The van der Waals surface area contributed by atoms with Crippen LogP contribution >= 0.6 is 11.3 Å². The van der Waals surface area contributed by atoms with Crippen LogP contribution in [0.4, 0.5) is 16.5 Å². The third kappa shape index (κ3) is 6.53. The van der Waals surface area contributed by atoms with Crippen LogP contribution in [0, 0.1) is 0 Å². The summed E-state index contributed by atoms with van der Waals surface area (Å²) >= 11 is 1.58. The first-order valence-corrected chi connectivity index (χ1v) is 12.2. The molecule has 34 heavy (non-hydrogen) atoms. The first-order valence-electron chi connectivity index (χ1n) is 10.0. The van der Waals surface area contributed by atoms with E-state index >= 15 is 0 Å². The molecule has 0 saturated carbocycles. The molecule has 182 valence electrons. The number of aromatic amines is 1. The van der Waals surface area contributed by atoms with Gasteiger partial charge in [0.2, 0.25) is 10.4 Å². The Morgan fingerprint density at radius 1 is 1.18 bits per heavy atom. The predicted octanol–water partition coefficient (Wildman–Crippen LogP) is 1.90. The molecule has 3 N–H and O–H groups in total. The second kappa shape index (κ2) is 11.4. The van der Waals surface area contributed by atoms with Crippen LogP contribution in [0.1, 0.15) is 0 Å². The van der Waals surface area contributed by atoms with Crippen molar-refractivity contribution in [1.29, 1.82) is 0 Å². The van der Waals surface area contributed by atoms with Crippen molar-refractivity contribution in [3.63, 3.8) is 0 Å². The van der Waals surface area contributed by atoms with Gasteiger partial charge < -0.3 is 19.7 Å². The molecule has 2 aromatic heterocycles. The van der Waals surface area contributed by atoms with E-state index < -0.39 is 10.4 Å². The van der Waals surface area contributed by atoms with Crippen molar-refractivity contribution in [3.05, 3.63) is 42.6 Å². The summed E-state index contributed by atoms with van der Waals surface area (Å²) in [5, 5.41) is 36.0. The summed E-state index contributed by atoms with van der Waals surface area (Å²) in [6, 6.07) is 11.8. The van der Waals surface area contributed by atoms with Gasteiger partial charge in [0, 0.05) is 30.2 Å². The maximum atomic E-state index is 9.22. The van der Waals surface area contributed by atoms with E-state index in [0.29, 0.717) is 13.1 Å². The van der Waals surface area contributed by atoms with Crippen LogP contribution < -0.4 is 9.47 Å². The molecular weight excluding hydrogens is 484 g/mol. The molecule has 0 aliphatic heterocycles. The lowest BCUT2D eigenvalue weighted by Crippen LogP contribution is -2.29. The maximum Gasteiger partial charge on any atom is 0.409 e. The normalized spacial score (nSPS) is 11.8. The molecule has 2 heterocycles. The summed E-state index contributed by atoms with van der Waals surface area (Å²) in [5.74, 6) is 0. The first-order chi connectivity index (χ1) is 16.3. The molecule has 12 nitrogen and oxygen atoms in total. The van der Waals surface area contributed by atoms with E-state index in [-0.39, 0.29) is 13.2 Å². The molecule has 2 aromatic carbocycles. The summed E-state index contributed by atoms with van der Waals surface area (Å²) in [7, 11) is -1.63. The fourth-order valence-electron chi connectivity index (χ4n) is 3.10. The standard InChI is InChI=1S/C19H21N6O2S.CH4O4S/c1-24-17-11-16-13(12-20-22-16)10-18(17)28-19(24)23-21-14-2-4-15(5-3-14)25(6-8-26)7-9-27;1-5-6(2,3)4/h2-5,10-12,26-27H,6-9H2,1H3,(H,20,22);1H3,(H,2,3,4)/q+1;/p-1. The number of aliphatic hydroxyl groups is 2. The highest BCUT2D eigenvalue weighted by molar-refractivity contribution is 7.80. The fraction of sp³-hybridized carbons (Fsp3) is 0.300. The molecular formula is C20H24N6O6S2. The summed E-state index contributed by atoms with van der Waals surface area (Å²) in [5.41, 5.74) is 3.74. The maximum absolute atomic E-state index is 9.22. The number of aromatic nitrogens is 3. The lowest BCUT2D eigenvalue weighted by molar-refractivity contribution is -0.627. The van der Waals surface area contributed by atoms with Crippen molar-refractivity contribution in [2.24, 2.45) is 17.3 Å². The van der Waals surface area contributed by atoms with Gasteiger partial charge >= 0.3 is 5.13 Å². The molecule has 0 spiro atoms. The minimum atomic E-state index is -4.41. The Morgan fingerprint density at radius 3 is 2.41 bits per heavy atom. The molecule has 0 amide bonds. The number of benzene rings is 2. The molecule has 0 atom stereocenters. The third-order valence-electron chi connectivity index (χ3n) is 4.78. The summed E-state index contributed by atoms with van der Waals surface area (Å²) < 4.78 is 34.2. The molecule has 14 heteroatoms. The zero-order valence-corrected chi connectivity index (χ0v) is 20.1. The van der Waals surface area contributed by atoms with E-state index in [1.165, 1.54) is 0 Å². The van der Waals surface area contributed by atoms with Crippen molar-refractivity contribution in [1.82, 2.24) is 10.2 Å². The van der Waals surface area contributed by atoms with Gasteiger partial charge in [0.1, 0.15) is 11.2 Å². The molecule has 0 bridgehead atoms. The summed E-state index contributed by atoms with van der Waals surface area (Å²) in [6.45, 7) is 1.02. The van der Waals surface area contributed by atoms with Crippen LogP contribution in [0.2, 0.25) is 0 Å². The van der Waals surface area contributed by atoms with E-state index in [1.807, 2.05) is 47.0 Å². The Hall–Kier alpha value is -3.01. The SMILES string of the molecule is COS(=O)(=O)[O-].C[n+]1c(N=Nc2ccc(N(CCO)CCO)cc2)sc2cc3cn[nH]c3cc21. The van der Waals surface area contributed by atoms with Gasteiger partial charge in [-0.05, 0) is 46.8 Å². The van der Waals surface area contributed by atoms with Gasteiger partial charge in [0.15, 0.2) is 0 Å². The molecule has 0 radical (unpaired) electrons. The number of aliphatic hydroxyl groups excluding tert-OH is 2. The van der Waals surface area contributed by atoms with Gasteiger partial charge in [-0.25, -0.2) is 13.0 Å². The minimum absolute atomic E-state index is 0.0364. The van der Waals surface area contributed by atoms with Gasteiger partial charge in [0.05, 0.1) is 48.9 Å². The van der Waals surface area contributed by atoms with E-state index in [4.69, 9.17) is 10.2 Å². The zero-order valence-electron chi connectivity index (χ0n) is 18.4. The number of nitrogens with zero attached hydrogens (tertiary/aromatic N) is 5. The number of anilines is 1.